The molecule has 6 heteroatoms. The van der Waals surface area contributed by atoms with Gasteiger partial charge in [-0.3, -0.25) is 9.97 Å². The summed E-state index contributed by atoms with van der Waals surface area (Å²) in [6.07, 6.45) is 12.4. The molecular weight excluding hydrogens is 266 g/mol. The van der Waals surface area contributed by atoms with Crippen LogP contribution in [0.15, 0.2) is 37.3 Å². The standard InChI is InChI=1S/C15H21N5O/c21-15-11-20(6-1-5-19-7-4-17-12-19)10-13(15)8-14-9-16-2-3-18-14/h2-4,7,9,12-13,15,21H,1,5-6,8,10-11H2/t13-,15-/m1/s1. The number of aliphatic hydroxyl groups excluding tert-OH is 1. The van der Waals surface area contributed by atoms with Crippen LogP contribution in [0.2, 0.25) is 0 Å². The molecule has 3 rings (SSSR count). The number of likely N-dealkylation sites (tertiary alicyclic amines) is 1. The van der Waals surface area contributed by atoms with E-state index in [1.54, 1.807) is 24.8 Å². The summed E-state index contributed by atoms with van der Waals surface area (Å²) in [7, 11) is 0. The molecule has 1 fully saturated rings. The van der Waals surface area contributed by atoms with Gasteiger partial charge in [0.1, 0.15) is 0 Å². The number of aliphatic hydroxyl groups is 1. The maximum atomic E-state index is 10.2. The van der Waals surface area contributed by atoms with Gasteiger partial charge in [-0.15, -0.1) is 0 Å². The number of nitrogens with zero attached hydrogens (tertiary/aromatic N) is 5. The maximum absolute atomic E-state index is 10.2. The molecule has 1 saturated heterocycles. The van der Waals surface area contributed by atoms with Gasteiger partial charge in [0, 0.05) is 56.5 Å². The Balaban J connectivity index is 1.45. The summed E-state index contributed by atoms with van der Waals surface area (Å²) >= 11 is 0. The van der Waals surface area contributed by atoms with Crippen LogP contribution in [0.25, 0.3) is 0 Å². The van der Waals surface area contributed by atoms with Crippen LogP contribution in [-0.4, -0.2) is 55.3 Å². The molecule has 0 radical (unpaired) electrons. The summed E-state index contributed by atoms with van der Waals surface area (Å²) in [5, 5.41) is 10.2. The van der Waals surface area contributed by atoms with Gasteiger partial charge in [0.15, 0.2) is 0 Å². The van der Waals surface area contributed by atoms with E-state index in [4.69, 9.17) is 0 Å². The molecule has 1 N–H and O–H groups in total. The van der Waals surface area contributed by atoms with E-state index in [1.807, 2.05) is 12.5 Å². The third kappa shape index (κ3) is 3.86. The van der Waals surface area contributed by atoms with E-state index in [9.17, 15) is 5.11 Å². The summed E-state index contributed by atoms with van der Waals surface area (Å²) in [4.78, 5) is 14.8. The Morgan fingerprint density at radius 1 is 1.14 bits per heavy atom. The molecule has 2 aromatic rings. The monoisotopic (exact) mass is 287 g/mol. The highest BCUT2D eigenvalue weighted by Crippen LogP contribution is 2.20. The molecule has 0 saturated carbocycles. The highest BCUT2D eigenvalue weighted by Gasteiger charge is 2.31. The van der Waals surface area contributed by atoms with E-state index < -0.39 is 0 Å². The summed E-state index contributed by atoms with van der Waals surface area (Å²) < 4.78 is 2.09. The molecule has 2 aromatic heterocycles. The fourth-order valence-corrected chi connectivity index (χ4v) is 2.92. The zero-order chi connectivity index (χ0) is 14.5. The van der Waals surface area contributed by atoms with E-state index >= 15 is 0 Å². The number of rotatable bonds is 6. The van der Waals surface area contributed by atoms with Crippen LogP contribution in [0.4, 0.5) is 0 Å². The number of imidazole rings is 1. The van der Waals surface area contributed by atoms with Crippen LogP contribution in [0.3, 0.4) is 0 Å². The third-order valence-electron chi connectivity index (χ3n) is 4.02. The molecule has 0 aliphatic carbocycles. The number of aromatic nitrogens is 4. The SMILES string of the molecule is O[C@@H]1CN(CCCn2ccnc2)C[C@H]1Cc1cnccn1. The average molecular weight is 287 g/mol. The van der Waals surface area contributed by atoms with Gasteiger partial charge in [0.2, 0.25) is 0 Å². The molecule has 0 spiro atoms. The van der Waals surface area contributed by atoms with Gasteiger partial charge in [0.25, 0.3) is 0 Å². The zero-order valence-electron chi connectivity index (χ0n) is 12.0. The van der Waals surface area contributed by atoms with Gasteiger partial charge in [-0.2, -0.15) is 0 Å². The highest BCUT2D eigenvalue weighted by atomic mass is 16.3. The molecule has 1 aliphatic rings. The Hall–Kier alpha value is -1.79. The third-order valence-corrected chi connectivity index (χ3v) is 4.02. The number of hydrogen-bond acceptors (Lipinski definition) is 5. The minimum Gasteiger partial charge on any atom is -0.391 e. The molecule has 0 unspecified atom stereocenters. The Labute approximate surface area is 124 Å². The minimum absolute atomic E-state index is 0.259. The molecule has 0 aromatic carbocycles. The van der Waals surface area contributed by atoms with Crippen molar-refractivity contribution in [3.8, 4) is 0 Å². The fourth-order valence-electron chi connectivity index (χ4n) is 2.92. The first-order valence-electron chi connectivity index (χ1n) is 7.42. The van der Waals surface area contributed by atoms with Crippen molar-refractivity contribution < 1.29 is 5.11 Å². The largest absolute Gasteiger partial charge is 0.391 e. The van der Waals surface area contributed by atoms with Gasteiger partial charge < -0.3 is 14.6 Å². The molecule has 1 aliphatic heterocycles. The van der Waals surface area contributed by atoms with Crippen molar-refractivity contribution in [2.24, 2.45) is 5.92 Å². The first-order chi connectivity index (χ1) is 10.3. The van der Waals surface area contributed by atoms with Gasteiger partial charge in [0.05, 0.1) is 18.1 Å². The van der Waals surface area contributed by atoms with Gasteiger partial charge in [-0.25, -0.2) is 4.98 Å². The second-order valence-corrected chi connectivity index (χ2v) is 5.64. The van der Waals surface area contributed by atoms with Gasteiger partial charge >= 0.3 is 0 Å². The molecule has 112 valence electrons. The van der Waals surface area contributed by atoms with E-state index in [0.29, 0.717) is 0 Å². The summed E-state index contributed by atoms with van der Waals surface area (Å²) in [5.41, 5.74) is 0.960. The first-order valence-corrected chi connectivity index (χ1v) is 7.42. The lowest BCUT2D eigenvalue weighted by molar-refractivity contribution is 0.141. The van der Waals surface area contributed by atoms with Crippen LogP contribution in [0.1, 0.15) is 12.1 Å². The lowest BCUT2D eigenvalue weighted by Gasteiger charge is -2.15. The van der Waals surface area contributed by atoms with E-state index in [1.165, 1.54) is 0 Å². The van der Waals surface area contributed by atoms with Crippen molar-refractivity contribution in [1.82, 2.24) is 24.4 Å². The zero-order valence-corrected chi connectivity index (χ0v) is 12.0. The fraction of sp³-hybridized carbons (Fsp3) is 0.533. The van der Waals surface area contributed by atoms with Crippen molar-refractivity contribution in [2.75, 3.05) is 19.6 Å². The summed E-state index contributed by atoms with van der Waals surface area (Å²) in [6, 6.07) is 0. The predicted octanol–water partition coefficient (Wildman–Crippen LogP) is 0.599. The predicted molar refractivity (Wildman–Crippen MR) is 78.5 cm³/mol. The van der Waals surface area contributed by atoms with Crippen molar-refractivity contribution in [3.63, 3.8) is 0 Å². The Morgan fingerprint density at radius 2 is 2.10 bits per heavy atom. The second kappa shape index (κ2) is 6.78. The quantitative estimate of drug-likeness (QED) is 0.842. The van der Waals surface area contributed by atoms with Crippen LogP contribution in [-0.2, 0) is 13.0 Å². The summed E-state index contributed by atoms with van der Waals surface area (Å²) in [5.74, 6) is 0.259. The maximum Gasteiger partial charge on any atom is 0.0945 e. The lowest BCUT2D eigenvalue weighted by atomic mass is 10.0. The minimum atomic E-state index is -0.264. The van der Waals surface area contributed by atoms with Gasteiger partial charge in [-0.1, -0.05) is 0 Å². The molecular formula is C15H21N5O. The molecule has 0 bridgehead atoms. The average Bonchev–Trinajstić information content (AvgIpc) is 3.11. The van der Waals surface area contributed by atoms with Crippen LogP contribution < -0.4 is 0 Å². The smallest absolute Gasteiger partial charge is 0.0945 e. The van der Waals surface area contributed by atoms with E-state index in [2.05, 4.69) is 24.4 Å². The highest BCUT2D eigenvalue weighted by molar-refractivity contribution is 4.99. The van der Waals surface area contributed by atoms with Crippen molar-refractivity contribution in [3.05, 3.63) is 43.0 Å². The Bertz CT molecular complexity index is 530. The molecule has 2 atom stereocenters. The molecule has 6 nitrogen and oxygen atoms in total. The first kappa shape index (κ1) is 14.2. The number of β-amino-alcohol motifs (C(OH)–C–C–N with tert-alkyl or cyclic N) is 1. The van der Waals surface area contributed by atoms with Crippen molar-refractivity contribution in [1.29, 1.82) is 0 Å². The van der Waals surface area contributed by atoms with Crippen LogP contribution in [0, 0.1) is 5.92 Å². The van der Waals surface area contributed by atoms with Crippen molar-refractivity contribution >= 4 is 0 Å². The van der Waals surface area contributed by atoms with E-state index in [0.717, 1.165) is 44.7 Å². The van der Waals surface area contributed by atoms with E-state index in [-0.39, 0.29) is 12.0 Å². The number of aryl methyl sites for hydroxylation is 1. The van der Waals surface area contributed by atoms with Crippen molar-refractivity contribution in [2.45, 2.75) is 25.5 Å². The van der Waals surface area contributed by atoms with Gasteiger partial charge in [-0.05, 0) is 19.4 Å². The Kier molecular flexibility index (Phi) is 4.57. The second-order valence-electron chi connectivity index (χ2n) is 5.64. The number of hydrogen-bond donors (Lipinski definition) is 1. The topological polar surface area (TPSA) is 67.1 Å². The molecule has 0 amide bonds. The lowest BCUT2D eigenvalue weighted by Crippen LogP contribution is -2.24. The molecule has 21 heavy (non-hydrogen) atoms. The summed E-state index contributed by atoms with van der Waals surface area (Å²) in [6.45, 7) is 3.67. The molecule has 3 heterocycles. The normalized spacial score (nSPS) is 22.7. The van der Waals surface area contributed by atoms with Crippen LogP contribution in [0.5, 0.6) is 0 Å². The Morgan fingerprint density at radius 3 is 2.86 bits per heavy atom. The van der Waals surface area contributed by atoms with Crippen LogP contribution >= 0.6 is 0 Å².